The first-order valence-corrected chi connectivity index (χ1v) is 8.86. The van der Waals surface area contributed by atoms with Crippen LogP contribution in [0.15, 0.2) is 59.9 Å². The number of H-pyrrole nitrogens is 1. The number of hydrogen-bond acceptors (Lipinski definition) is 4. The number of aromatic amines is 1. The van der Waals surface area contributed by atoms with Crippen molar-refractivity contribution < 1.29 is 13.9 Å². The summed E-state index contributed by atoms with van der Waals surface area (Å²) >= 11 is 1.31. The number of imidazole rings is 1. The molecule has 0 aliphatic heterocycles. The summed E-state index contributed by atoms with van der Waals surface area (Å²) in [6.07, 6.45) is 1.67. The first kappa shape index (κ1) is 18.0. The van der Waals surface area contributed by atoms with Crippen LogP contribution < -0.4 is 10.1 Å². The number of aromatic nitrogens is 2. The lowest BCUT2D eigenvalue weighted by Crippen LogP contribution is -2.22. The van der Waals surface area contributed by atoms with E-state index in [1.165, 1.54) is 23.9 Å². The normalized spacial score (nSPS) is 11.8. The van der Waals surface area contributed by atoms with E-state index < -0.39 is 0 Å². The summed E-state index contributed by atoms with van der Waals surface area (Å²) in [5.74, 6) is 0.165. The molecule has 1 unspecified atom stereocenters. The highest BCUT2D eigenvalue weighted by Crippen LogP contribution is 2.27. The van der Waals surface area contributed by atoms with Gasteiger partial charge in [0.1, 0.15) is 11.6 Å². The van der Waals surface area contributed by atoms with Crippen molar-refractivity contribution in [3.05, 3.63) is 60.5 Å². The molecular formula is C19H18FN3O2S. The van der Waals surface area contributed by atoms with Crippen molar-refractivity contribution in [3.63, 3.8) is 0 Å². The molecule has 1 aromatic heterocycles. The molecule has 0 spiro atoms. The lowest BCUT2D eigenvalue weighted by molar-refractivity contribution is -0.115. The van der Waals surface area contributed by atoms with Gasteiger partial charge in [0.2, 0.25) is 5.91 Å². The van der Waals surface area contributed by atoms with Gasteiger partial charge in [-0.2, -0.15) is 0 Å². The summed E-state index contributed by atoms with van der Waals surface area (Å²) in [6, 6.07) is 13.4. The Hall–Kier alpha value is -2.80. The van der Waals surface area contributed by atoms with Crippen LogP contribution in [0.3, 0.4) is 0 Å². The molecule has 0 radical (unpaired) electrons. The second kappa shape index (κ2) is 8.05. The number of thioether (sulfide) groups is 1. The molecule has 0 fully saturated rings. The average Bonchev–Trinajstić information content (AvgIpc) is 3.11. The predicted octanol–water partition coefficient (Wildman–Crippen LogP) is 4.34. The number of benzene rings is 2. The summed E-state index contributed by atoms with van der Waals surface area (Å²) in [5.41, 5.74) is 2.22. The van der Waals surface area contributed by atoms with Crippen molar-refractivity contribution in [3.8, 4) is 17.0 Å². The Morgan fingerprint density at radius 2 is 1.96 bits per heavy atom. The van der Waals surface area contributed by atoms with Crippen LogP contribution >= 0.6 is 11.8 Å². The van der Waals surface area contributed by atoms with Gasteiger partial charge >= 0.3 is 0 Å². The standard InChI is InChI=1S/C19H18FN3O2S/c1-12(18(24)22-15-5-3-4-6-17(15)25-2)26-19-21-11-16(23-19)13-7-9-14(20)10-8-13/h3-12H,1-2H3,(H,21,23)(H,22,24). The number of nitrogens with one attached hydrogen (secondary N) is 2. The molecule has 0 bridgehead atoms. The first-order chi connectivity index (χ1) is 12.6. The fourth-order valence-corrected chi connectivity index (χ4v) is 3.13. The Bertz CT molecular complexity index is 896. The Balaban J connectivity index is 1.65. The van der Waals surface area contributed by atoms with Gasteiger partial charge in [0.15, 0.2) is 5.16 Å². The number of rotatable bonds is 6. The minimum atomic E-state index is -0.368. The molecular weight excluding hydrogens is 353 g/mol. The number of hydrogen-bond donors (Lipinski definition) is 2. The Labute approximate surface area is 155 Å². The van der Waals surface area contributed by atoms with Crippen LogP contribution in [-0.2, 0) is 4.79 Å². The maximum atomic E-state index is 13.0. The van der Waals surface area contributed by atoms with Gasteiger partial charge in [0.05, 0.1) is 29.9 Å². The van der Waals surface area contributed by atoms with E-state index in [2.05, 4.69) is 15.3 Å². The van der Waals surface area contributed by atoms with Crippen molar-refractivity contribution in [1.29, 1.82) is 0 Å². The quantitative estimate of drug-likeness (QED) is 0.633. The predicted molar refractivity (Wildman–Crippen MR) is 101 cm³/mol. The number of carbonyl (C=O) groups excluding carboxylic acids is 1. The SMILES string of the molecule is COc1ccccc1NC(=O)C(C)Sc1ncc(-c2ccc(F)cc2)[nH]1. The molecule has 134 valence electrons. The minimum absolute atomic E-state index is 0.153. The number of nitrogens with zero attached hydrogens (tertiary/aromatic N) is 1. The van der Waals surface area contributed by atoms with E-state index in [1.54, 1.807) is 44.5 Å². The smallest absolute Gasteiger partial charge is 0.237 e. The summed E-state index contributed by atoms with van der Waals surface area (Å²) in [4.78, 5) is 19.9. The number of amides is 1. The minimum Gasteiger partial charge on any atom is -0.495 e. The third kappa shape index (κ3) is 4.23. The maximum absolute atomic E-state index is 13.0. The molecule has 7 heteroatoms. The van der Waals surface area contributed by atoms with E-state index in [0.717, 1.165) is 11.3 Å². The van der Waals surface area contributed by atoms with Gasteiger partial charge in [-0.1, -0.05) is 23.9 Å². The van der Waals surface area contributed by atoms with E-state index >= 15 is 0 Å². The second-order valence-electron chi connectivity index (χ2n) is 5.56. The van der Waals surface area contributed by atoms with E-state index in [-0.39, 0.29) is 17.0 Å². The summed E-state index contributed by atoms with van der Waals surface area (Å²) in [6.45, 7) is 1.80. The maximum Gasteiger partial charge on any atom is 0.237 e. The molecule has 2 N–H and O–H groups in total. The largest absolute Gasteiger partial charge is 0.495 e. The molecule has 3 aromatic rings. The van der Waals surface area contributed by atoms with Gasteiger partial charge in [0, 0.05) is 0 Å². The van der Waals surface area contributed by atoms with Gasteiger partial charge in [-0.3, -0.25) is 4.79 Å². The number of para-hydroxylation sites is 2. The highest BCUT2D eigenvalue weighted by molar-refractivity contribution is 8.00. The van der Waals surface area contributed by atoms with E-state index in [1.807, 2.05) is 12.1 Å². The van der Waals surface area contributed by atoms with Gasteiger partial charge in [0.25, 0.3) is 0 Å². The van der Waals surface area contributed by atoms with Gasteiger partial charge in [-0.05, 0) is 48.9 Å². The number of ether oxygens (including phenoxy) is 1. The number of halogens is 1. The van der Waals surface area contributed by atoms with Gasteiger partial charge < -0.3 is 15.0 Å². The van der Waals surface area contributed by atoms with Crippen molar-refractivity contribution in [1.82, 2.24) is 9.97 Å². The summed E-state index contributed by atoms with van der Waals surface area (Å²) in [7, 11) is 1.56. The molecule has 3 rings (SSSR count). The molecule has 5 nitrogen and oxygen atoms in total. The van der Waals surface area contributed by atoms with Crippen LogP contribution in [0.2, 0.25) is 0 Å². The van der Waals surface area contributed by atoms with Crippen molar-refractivity contribution >= 4 is 23.4 Å². The highest BCUT2D eigenvalue weighted by atomic mass is 32.2. The topological polar surface area (TPSA) is 67.0 Å². The summed E-state index contributed by atoms with van der Waals surface area (Å²) in [5, 5.41) is 3.11. The highest BCUT2D eigenvalue weighted by Gasteiger charge is 2.18. The zero-order chi connectivity index (χ0) is 18.5. The third-order valence-electron chi connectivity index (χ3n) is 3.73. The average molecular weight is 371 g/mol. The fraction of sp³-hybridized carbons (Fsp3) is 0.158. The van der Waals surface area contributed by atoms with Crippen LogP contribution in [0.4, 0.5) is 10.1 Å². The Morgan fingerprint density at radius 3 is 2.69 bits per heavy atom. The summed E-state index contributed by atoms with van der Waals surface area (Å²) < 4.78 is 18.3. The van der Waals surface area contributed by atoms with Gasteiger partial charge in [-0.25, -0.2) is 9.37 Å². The van der Waals surface area contributed by atoms with Crippen LogP contribution in [-0.4, -0.2) is 28.2 Å². The van der Waals surface area contributed by atoms with E-state index in [4.69, 9.17) is 4.74 Å². The number of anilines is 1. The van der Waals surface area contributed by atoms with E-state index in [9.17, 15) is 9.18 Å². The lowest BCUT2D eigenvalue weighted by atomic mass is 10.2. The van der Waals surface area contributed by atoms with Crippen molar-refractivity contribution in [2.45, 2.75) is 17.3 Å². The van der Waals surface area contributed by atoms with Crippen LogP contribution in [0.5, 0.6) is 5.75 Å². The van der Waals surface area contributed by atoms with Crippen molar-refractivity contribution in [2.75, 3.05) is 12.4 Å². The number of methoxy groups -OCH3 is 1. The lowest BCUT2D eigenvalue weighted by Gasteiger charge is -2.13. The van der Waals surface area contributed by atoms with Crippen LogP contribution in [0, 0.1) is 5.82 Å². The molecule has 1 amide bonds. The van der Waals surface area contributed by atoms with Crippen molar-refractivity contribution in [2.24, 2.45) is 0 Å². The molecule has 26 heavy (non-hydrogen) atoms. The zero-order valence-corrected chi connectivity index (χ0v) is 15.1. The Morgan fingerprint density at radius 1 is 1.23 bits per heavy atom. The number of carbonyl (C=O) groups is 1. The monoisotopic (exact) mass is 371 g/mol. The molecule has 0 aliphatic carbocycles. The Kier molecular flexibility index (Phi) is 5.58. The van der Waals surface area contributed by atoms with E-state index in [0.29, 0.717) is 16.6 Å². The van der Waals surface area contributed by atoms with Gasteiger partial charge in [-0.15, -0.1) is 0 Å². The van der Waals surface area contributed by atoms with Crippen LogP contribution in [0.25, 0.3) is 11.3 Å². The second-order valence-corrected chi connectivity index (χ2v) is 6.89. The molecule has 0 saturated heterocycles. The van der Waals surface area contributed by atoms with Crippen LogP contribution in [0.1, 0.15) is 6.92 Å². The first-order valence-electron chi connectivity index (χ1n) is 7.98. The third-order valence-corrected chi connectivity index (χ3v) is 4.73. The molecule has 0 saturated carbocycles. The molecule has 1 heterocycles. The fourth-order valence-electron chi connectivity index (χ4n) is 2.34. The molecule has 2 aromatic carbocycles. The molecule has 0 aliphatic rings. The zero-order valence-electron chi connectivity index (χ0n) is 14.3. The molecule has 1 atom stereocenters.